The van der Waals surface area contributed by atoms with Gasteiger partial charge in [0.05, 0.1) is 18.2 Å². The van der Waals surface area contributed by atoms with Gasteiger partial charge in [0.2, 0.25) is 5.91 Å². The van der Waals surface area contributed by atoms with Crippen LogP contribution in [0.15, 0.2) is 41.8 Å². The minimum absolute atomic E-state index is 0.0316. The molecule has 27 heavy (non-hydrogen) atoms. The Kier molecular flexibility index (Phi) is 6.06. The lowest BCUT2D eigenvalue weighted by Gasteiger charge is -2.38. The molecule has 1 amide bonds. The van der Waals surface area contributed by atoms with E-state index >= 15 is 0 Å². The van der Waals surface area contributed by atoms with Crippen molar-refractivity contribution < 1.29 is 18.0 Å². The molecule has 1 aliphatic heterocycles. The number of nitrogens with zero attached hydrogens (tertiary/aromatic N) is 2. The van der Waals surface area contributed by atoms with Gasteiger partial charge in [0, 0.05) is 36.7 Å². The van der Waals surface area contributed by atoms with Crippen LogP contribution in [0.25, 0.3) is 0 Å². The molecule has 1 atom stereocenters. The second-order valence-corrected chi connectivity index (χ2v) is 7.58. The Morgan fingerprint density at radius 1 is 1.19 bits per heavy atom. The summed E-state index contributed by atoms with van der Waals surface area (Å²) in [4.78, 5) is 17.5. The fraction of sp³-hybridized carbons (Fsp3) is 0.421. The molecule has 1 aromatic heterocycles. The third kappa shape index (κ3) is 5.01. The Labute approximate surface area is 160 Å². The number of anilines is 1. The predicted octanol–water partition coefficient (Wildman–Crippen LogP) is 3.59. The number of amides is 1. The van der Waals surface area contributed by atoms with Crippen LogP contribution in [0.5, 0.6) is 0 Å². The third-order valence-corrected chi connectivity index (χ3v) is 5.67. The number of thiophene rings is 1. The van der Waals surface area contributed by atoms with Crippen LogP contribution in [0.3, 0.4) is 0 Å². The van der Waals surface area contributed by atoms with E-state index in [2.05, 4.69) is 10.2 Å². The number of benzene rings is 1. The van der Waals surface area contributed by atoms with Gasteiger partial charge >= 0.3 is 6.18 Å². The van der Waals surface area contributed by atoms with Gasteiger partial charge in [0.1, 0.15) is 0 Å². The maximum Gasteiger partial charge on any atom is 0.416 e. The summed E-state index contributed by atoms with van der Waals surface area (Å²) in [6.45, 7) is 4.82. The van der Waals surface area contributed by atoms with Gasteiger partial charge in [0.25, 0.3) is 0 Å². The highest BCUT2D eigenvalue weighted by atomic mass is 32.1. The first-order chi connectivity index (χ1) is 12.8. The van der Waals surface area contributed by atoms with Crippen LogP contribution in [0.4, 0.5) is 18.9 Å². The van der Waals surface area contributed by atoms with Crippen molar-refractivity contribution in [1.29, 1.82) is 0 Å². The second-order valence-electron chi connectivity index (χ2n) is 6.54. The molecule has 1 saturated heterocycles. The Bertz CT molecular complexity index is 756. The Hall–Kier alpha value is -2.06. The van der Waals surface area contributed by atoms with Crippen molar-refractivity contribution in [1.82, 2.24) is 10.2 Å². The first-order valence-electron chi connectivity index (χ1n) is 8.81. The molecule has 2 heterocycles. The van der Waals surface area contributed by atoms with Gasteiger partial charge in [-0.25, -0.2) is 0 Å². The van der Waals surface area contributed by atoms with Crippen molar-refractivity contribution in [3.8, 4) is 0 Å². The van der Waals surface area contributed by atoms with E-state index in [-0.39, 0.29) is 11.9 Å². The molecule has 0 saturated carbocycles. The van der Waals surface area contributed by atoms with E-state index in [1.54, 1.807) is 17.4 Å². The Morgan fingerprint density at radius 2 is 1.93 bits per heavy atom. The van der Waals surface area contributed by atoms with E-state index in [0.29, 0.717) is 38.4 Å². The first-order valence-corrected chi connectivity index (χ1v) is 9.69. The smallest absolute Gasteiger partial charge is 0.369 e. The van der Waals surface area contributed by atoms with Crippen molar-refractivity contribution in [2.45, 2.75) is 25.7 Å². The third-order valence-electron chi connectivity index (χ3n) is 4.80. The van der Waals surface area contributed by atoms with Crippen LogP contribution in [0, 0.1) is 0 Å². The number of hydrogen-bond acceptors (Lipinski definition) is 4. The fourth-order valence-electron chi connectivity index (χ4n) is 3.15. The monoisotopic (exact) mass is 397 g/mol. The molecule has 0 bridgehead atoms. The van der Waals surface area contributed by atoms with Crippen molar-refractivity contribution in [3.05, 3.63) is 52.2 Å². The highest BCUT2D eigenvalue weighted by molar-refractivity contribution is 7.09. The minimum Gasteiger partial charge on any atom is -0.369 e. The highest BCUT2D eigenvalue weighted by Crippen LogP contribution is 2.31. The maximum atomic E-state index is 12.9. The first kappa shape index (κ1) is 19.7. The quantitative estimate of drug-likeness (QED) is 0.838. The molecule has 0 radical (unpaired) electrons. The minimum atomic E-state index is -4.34. The summed E-state index contributed by atoms with van der Waals surface area (Å²) in [5, 5.41) is 4.91. The molecular weight excluding hydrogens is 375 g/mol. The molecule has 1 aliphatic rings. The summed E-state index contributed by atoms with van der Waals surface area (Å²) in [5.74, 6) is -0.0316. The van der Waals surface area contributed by atoms with Gasteiger partial charge in [-0.15, -0.1) is 11.3 Å². The molecule has 3 rings (SSSR count). The van der Waals surface area contributed by atoms with E-state index in [1.807, 2.05) is 29.3 Å². The number of carbonyl (C=O) groups excluding carboxylic acids is 1. The molecule has 1 aromatic carbocycles. The van der Waals surface area contributed by atoms with Gasteiger partial charge in [-0.2, -0.15) is 13.2 Å². The molecule has 1 fully saturated rings. The van der Waals surface area contributed by atoms with E-state index < -0.39 is 11.7 Å². The van der Waals surface area contributed by atoms with Gasteiger partial charge in [-0.1, -0.05) is 12.1 Å². The molecule has 0 unspecified atom stereocenters. The molecule has 4 nitrogen and oxygen atoms in total. The van der Waals surface area contributed by atoms with Crippen LogP contribution in [0.1, 0.15) is 17.4 Å². The summed E-state index contributed by atoms with van der Waals surface area (Å²) in [7, 11) is 0. The molecule has 146 valence electrons. The van der Waals surface area contributed by atoms with Gasteiger partial charge in [0.15, 0.2) is 0 Å². The van der Waals surface area contributed by atoms with Crippen molar-refractivity contribution in [2.24, 2.45) is 0 Å². The van der Waals surface area contributed by atoms with E-state index in [9.17, 15) is 18.0 Å². The lowest BCUT2D eigenvalue weighted by molar-refractivity contribution is -0.137. The number of alkyl halides is 3. The fourth-order valence-corrected chi connectivity index (χ4v) is 3.79. The zero-order valence-electron chi connectivity index (χ0n) is 15.0. The number of carbonyl (C=O) groups is 1. The van der Waals surface area contributed by atoms with Crippen molar-refractivity contribution >= 4 is 22.9 Å². The van der Waals surface area contributed by atoms with Gasteiger partial charge in [-0.05, 0) is 36.6 Å². The lowest BCUT2D eigenvalue weighted by atomic mass is 10.1. The summed E-state index contributed by atoms with van der Waals surface area (Å²) in [6.07, 6.45) is -4.34. The second kappa shape index (κ2) is 8.31. The normalized spacial score (nSPS) is 17.0. The number of rotatable bonds is 5. The van der Waals surface area contributed by atoms with Gasteiger partial charge < -0.3 is 10.2 Å². The number of piperazine rings is 1. The van der Waals surface area contributed by atoms with E-state index in [1.165, 1.54) is 12.1 Å². The van der Waals surface area contributed by atoms with Crippen LogP contribution in [-0.2, 0) is 17.5 Å². The van der Waals surface area contributed by atoms with Crippen LogP contribution < -0.4 is 10.2 Å². The Morgan fingerprint density at radius 3 is 2.56 bits per heavy atom. The molecule has 0 spiro atoms. The molecule has 1 N–H and O–H groups in total. The topological polar surface area (TPSA) is 35.6 Å². The Balaban J connectivity index is 1.53. The summed E-state index contributed by atoms with van der Waals surface area (Å²) in [5.41, 5.74) is -0.0666. The molecular formula is C19H22F3N3OS. The number of halogens is 3. The van der Waals surface area contributed by atoms with Crippen molar-refractivity contribution in [2.75, 3.05) is 31.1 Å². The van der Waals surface area contributed by atoms with Crippen LogP contribution in [0.2, 0.25) is 0 Å². The summed E-state index contributed by atoms with van der Waals surface area (Å²) < 4.78 is 38.7. The van der Waals surface area contributed by atoms with Gasteiger partial charge in [-0.3, -0.25) is 9.69 Å². The van der Waals surface area contributed by atoms with Crippen LogP contribution >= 0.6 is 11.3 Å². The largest absolute Gasteiger partial charge is 0.416 e. The molecule has 0 aliphatic carbocycles. The number of nitrogens with one attached hydrogen (secondary N) is 1. The molecule has 2 aromatic rings. The average Bonchev–Trinajstić information content (AvgIpc) is 3.19. The average molecular weight is 397 g/mol. The summed E-state index contributed by atoms with van der Waals surface area (Å²) in [6, 6.07) is 9.06. The highest BCUT2D eigenvalue weighted by Gasteiger charge is 2.31. The predicted molar refractivity (Wildman–Crippen MR) is 101 cm³/mol. The summed E-state index contributed by atoms with van der Waals surface area (Å²) >= 11 is 1.60. The number of hydrogen-bond donors (Lipinski definition) is 1. The van der Waals surface area contributed by atoms with Crippen LogP contribution in [-0.4, -0.2) is 43.0 Å². The SMILES string of the molecule is C[C@@H](C(=O)NCc1cccs1)N1CCN(c2cccc(C(F)(F)F)c2)CC1. The van der Waals surface area contributed by atoms with Crippen molar-refractivity contribution in [3.63, 3.8) is 0 Å². The van der Waals surface area contributed by atoms with E-state index in [4.69, 9.17) is 0 Å². The molecule has 8 heteroatoms. The standard InChI is InChI=1S/C19H22F3N3OS/c1-14(18(26)23-13-17-6-3-11-27-17)24-7-9-25(10-8-24)16-5-2-4-15(12-16)19(20,21)22/h2-6,11-12,14H,7-10,13H2,1H3,(H,23,26)/t14-/m0/s1. The zero-order valence-corrected chi connectivity index (χ0v) is 15.8. The zero-order chi connectivity index (χ0) is 19.4. The maximum absolute atomic E-state index is 12.9. The lowest BCUT2D eigenvalue weighted by Crippen LogP contribution is -2.53. The van der Waals surface area contributed by atoms with E-state index in [0.717, 1.165) is 10.9 Å².